The highest BCUT2D eigenvalue weighted by Gasteiger charge is 2.34. The molecule has 0 radical (unpaired) electrons. The molecule has 0 spiro atoms. The normalized spacial score (nSPS) is 13.7. The monoisotopic (exact) mass is 1270 g/mol. The molecular formula is C55H104N20O14. The van der Waals surface area contributed by atoms with Crippen LogP contribution in [0.15, 0.2) is 15.0 Å². The summed E-state index contributed by atoms with van der Waals surface area (Å²) < 4.78 is 0. The van der Waals surface area contributed by atoms with Gasteiger partial charge in [-0.15, -0.1) is 0 Å². The molecule has 27 N–H and O–H groups in total. The second kappa shape index (κ2) is 48.4. The second-order valence-corrected chi connectivity index (χ2v) is 21.4. The summed E-state index contributed by atoms with van der Waals surface area (Å²) in [6.07, 6.45) is 10.4. The number of nitrogens with one attached hydrogen (secondary N) is 9. The van der Waals surface area contributed by atoms with Gasteiger partial charge in [-0.1, -0.05) is 91.4 Å². The summed E-state index contributed by atoms with van der Waals surface area (Å²) in [5.74, 6) is -11.7. The van der Waals surface area contributed by atoms with E-state index in [1.165, 1.54) is 52.4 Å². The second-order valence-electron chi connectivity index (χ2n) is 21.4. The Bertz CT molecular complexity index is 2330. The number of rotatable bonds is 47. The highest BCUT2D eigenvalue weighted by Crippen LogP contribution is 2.13. The van der Waals surface area contributed by atoms with Crippen LogP contribution in [0.5, 0.6) is 0 Å². The van der Waals surface area contributed by atoms with Gasteiger partial charge in [-0.2, -0.15) is 0 Å². The molecule has 9 atom stereocenters. The molecule has 0 unspecified atom stereocenters. The van der Waals surface area contributed by atoms with Gasteiger partial charge in [0.05, 0.1) is 25.6 Å². The Hall–Kier alpha value is -8.59. The number of aliphatic carboxylic acids is 1. The number of primary amides is 2. The van der Waals surface area contributed by atoms with E-state index in [9.17, 15) is 57.8 Å². The van der Waals surface area contributed by atoms with Gasteiger partial charge in [-0.3, -0.25) is 72.5 Å². The molecule has 0 aromatic heterocycles. The number of nitrogens with zero attached hydrogens (tertiary/aromatic N) is 3. The number of aliphatic hydroxyl groups is 1. The minimum absolute atomic E-state index is 0.0259. The number of carbonyl (C=O) groups excluding carboxylic acids is 11. The summed E-state index contributed by atoms with van der Waals surface area (Å²) in [6, 6.07) is -10.1. The van der Waals surface area contributed by atoms with Crippen molar-refractivity contribution in [2.45, 2.75) is 218 Å². The lowest BCUT2D eigenvalue weighted by molar-refractivity contribution is -0.136. The van der Waals surface area contributed by atoms with Gasteiger partial charge in [0.2, 0.25) is 65.0 Å². The van der Waals surface area contributed by atoms with Gasteiger partial charge in [-0.25, -0.2) is 0 Å². The smallest absolute Gasteiger partial charge is 0.300 e. The predicted molar refractivity (Wildman–Crippen MR) is 333 cm³/mol. The number of hydrogen-bond acceptors (Lipinski definition) is 16. The lowest BCUT2D eigenvalue weighted by atomic mass is 9.98. The number of carboxylic acid groups (broad SMARTS) is 1. The summed E-state index contributed by atoms with van der Waals surface area (Å²) in [4.78, 5) is 166. The largest absolute Gasteiger partial charge is 0.481 e. The van der Waals surface area contributed by atoms with Crippen LogP contribution < -0.4 is 93.7 Å². The lowest BCUT2D eigenvalue weighted by Gasteiger charge is -2.26. The average Bonchev–Trinajstić information content (AvgIpc) is 3.57. The van der Waals surface area contributed by atoms with Crippen molar-refractivity contribution in [3.05, 3.63) is 0 Å². The highest BCUT2D eigenvalue weighted by molar-refractivity contribution is 5.99. The van der Waals surface area contributed by atoms with E-state index in [1.54, 1.807) is 13.8 Å². The van der Waals surface area contributed by atoms with Crippen molar-refractivity contribution in [3.8, 4) is 0 Å². The van der Waals surface area contributed by atoms with Crippen LogP contribution in [-0.2, 0) is 57.5 Å². The first kappa shape index (κ1) is 82.5. The molecule has 0 aliphatic carbocycles. The van der Waals surface area contributed by atoms with Crippen molar-refractivity contribution in [2.24, 2.45) is 66.8 Å². The van der Waals surface area contributed by atoms with Gasteiger partial charge < -0.3 is 104 Å². The molecule has 34 heteroatoms. The van der Waals surface area contributed by atoms with Crippen molar-refractivity contribution in [2.75, 3.05) is 32.7 Å². The van der Waals surface area contributed by atoms with Crippen molar-refractivity contribution in [3.63, 3.8) is 0 Å². The van der Waals surface area contributed by atoms with E-state index in [-0.39, 0.29) is 94.3 Å². The van der Waals surface area contributed by atoms with Crippen molar-refractivity contribution < 1.29 is 67.7 Å². The van der Waals surface area contributed by atoms with Crippen LogP contribution in [0.4, 0.5) is 0 Å². The van der Waals surface area contributed by atoms with Crippen LogP contribution >= 0.6 is 0 Å². The number of aliphatic hydroxyl groups excluding tert-OH is 1. The molecule has 508 valence electrons. The first-order valence-corrected chi connectivity index (χ1v) is 30.1. The van der Waals surface area contributed by atoms with Crippen molar-refractivity contribution >= 4 is 88.8 Å². The van der Waals surface area contributed by atoms with E-state index in [0.717, 1.165) is 32.6 Å². The Labute approximate surface area is 520 Å². The topological polar surface area (TPSA) is 599 Å². The predicted octanol–water partition coefficient (Wildman–Crippen LogP) is -4.63. The maximum atomic E-state index is 14.1. The number of hydrogen-bond donors (Lipinski definition) is 19. The summed E-state index contributed by atoms with van der Waals surface area (Å²) in [5.41, 5.74) is 43.6. The highest BCUT2D eigenvalue weighted by atomic mass is 16.4. The SMILES string of the molecule is CC(=O)O.CCCCCCCCCCCCCC(=O)NCC(=O)N[C@@H](CCCN=C(N)N)C(=O)N[C@H](C(=O)NCC(=O)N[C@@H](CCCN=C(N)N)C(=O)N[C@@H](CCCN=C(N)N)C(=O)N[C@@H](CC(N)=O)C(=O)N[C@@H](C)C(=O)N[C@H](C(N)=O)[C@@H](C)CC)[C@@H](C)O. The zero-order valence-electron chi connectivity index (χ0n) is 52.6. The molecule has 0 aromatic carbocycles. The third-order valence-corrected chi connectivity index (χ3v) is 13.3. The maximum absolute atomic E-state index is 14.1. The van der Waals surface area contributed by atoms with Crippen molar-refractivity contribution in [1.29, 1.82) is 0 Å². The van der Waals surface area contributed by atoms with Gasteiger partial charge in [0, 0.05) is 33.0 Å². The van der Waals surface area contributed by atoms with E-state index in [2.05, 4.69) is 69.8 Å². The van der Waals surface area contributed by atoms with E-state index in [1.807, 2.05) is 0 Å². The molecule has 0 saturated heterocycles. The van der Waals surface area contributed by atoms with Crippen molar-refractivity contribution in [1.82, 2.24) is 47.9 Å². The average molecular weight is 1270 g/mol. The van der Waals surface area contributed by atoms with Gasteiger partial charge in [0.25, 0.3) is 5.97 Å². The molecule has 0 aromatic rings. The molecule has 0 fully saturated rings. The van der Waals surface area contributed by atoms with E-state index in [4.69, 9.17) is 55.8 Å². The molecule has 0 saturated carbocycles. The standard InChI is InChI=1S/C53H100N20O12.C2H4O2/c1-6-8-9-10-11-12-13-14-15-16-17-24-39(76)65-29-40(77)69-35(22-19-26-63-52(58)59)48(83)73-43(33(5)74)50(85)66-30-41(78)68-34(21-18-25-62-51(56)57)46(81)70-36(23-20-27-64-53(60)61)47(82)71-37(28-38(54)75)49(84)67-32(4)45(80)72-42(44(55)79)31(3)7-2;1-2(3)4/h31-37,42-43,74H,6-30H2,1-5H3,(H2,54,75)(H2,55,79)(H,65,76)(H,66,85)(H,67,84)(H,68,78)(H,69,77)(H,70,81)(H,71,82)(H,72,80)(H,73,83)(H4,56,57,62)(H4,58,59,63)(H4,60,61,64);1H3,(H,3,4)/t31-,32-,33+,34-,35-,36-,37-,42-,43-;/m0./s1. The molecule has 11 amide bonds. The van der Waals surface area contributed by atoms with Crippen LogP contribution in [0.1, 0.15) is 170 Å². The maximum Gasteiger partial charge on any atom is 0.300 e. The van der Waals surface area contributed by atoms with Crippen LogP contribution in [0.3, 0.4) is 0 Å². The first-order chi connectivity index (χ1) is 41.9. The summed E-state index contributed by atoms with van der Waals surface area (Å²) >= 11 is 0. The molecule has 0 aliphatic rings. The molecule has 89 heavy (non-hydrogen) atoms. The summed E-state index contributed by atoms with van der Waals surface area (Å²) in [6.45, 7) is 7.90. The Balaban J connectivity index is 0. The van der Waals surface area contributed by atoms with Gasteiger partial charge in [0.15, 0.2) is 17.9 Å². The fourth-order valence-corrected chi connectivity index (χ4v) is 8.30. The molecule has 34 nitrogen and oxygen atoms in total. The zero-order chi connectivity index (χ0) is 68.0. The minimum Gasteiger partial charge on any atom is -0.481 e. The molecule has 0 bridgehead atoms. The number of aliphatic imine (C=N–C) groups is 3. The summed E-state index contributed by atoms with van der Waals surface area (Å²) in [7, 11) is 0. The van der Waals surface area contributed by atoms with E-state index in [0.29, 0.717) is 12.8 Å². The third kappa shape index (κ3) is 42.8. The zero-order valence-corrected chi connectivity index (χ0v) is 52.6. The molecular weight excluding hydrogens is 1160 g/mol. The van der Waals surface area contributed by atoms with E-state index < -0.39 is 133 Å². The fraction of sp³-hybridized carbons (Fsp3) is 0.727. The van der Waals surface area contributed by atoms with Crippen LogP contribution in [0.2, 0.25) is 0 Å². The number of nitrogens with two attached hydrogens (primary N) is 8. The van der Waals surface area contributed by atoms with Crippen LogP contribution in [0, 0.1) is 5.92 Å². The number of carbonyl (C=O) groups is 12. The lowest BCUT2D eigenvalue weighted by Crippen LogP contribution is -2.60. The third-order valence-electron chi connectivity index (χ3n) is 13.3. The Morgan fingerprint density at radius 3 is 1.19 bits per heavy atom. The quantitative estimate of drug-likeness (QED) is 0.0155. The number of guanidine groups is 3. The minimum atomic E-state index is -1.71. The van der Waals surface area contributed by atoms with Crippen LogP contribution in [-0.4, -0.2) is 180 Å². The Morgan fingerprint density at radius 2 is 0.798 bits per heavy atom. The first-order valence-electron chi connectivity index (χ1n) is 30.1. The summed E-state index contributed by atoms with van der Waals surface area (Å²) in [5, 5.41) is 40.0. The number of amides is 11. The number of carboxylic acids is 1. The Kier molecular flexibility index (Phi) is 44.9. The van der Waals surface area contributed by atoms with Gasteiger partial charge >= 0.3 is 0 Å². The molecule has 0 heterocycles. The number of unbranched alkanes of at least 4 members (excludes halogenated alkanes) is 10. The van der Waals surface area contributed by atoms with E-state index >= 15 is 0 Å². The Morgan fingerprint density at radius 1 is 0.427 bits per heavy atom. The van der Waals surface area contributed by atoms with Crippen LogP contribution in [0.25, 0.3) is 0 Å². The fourth-order valence-electron chi connectivity index (χ4n) is 8.30. The molecule has 0 aliphatic heterocycles. The van der Waals surface area contributed by atoms with Gasteiger partial charge in [-0.05, 0) is 64.7 Å². The molecule has 0 rings (SSSR count). The van der Waals surface area contributed by atoms with Gasteiger partial charge in [0.1, 0.15) is 42.3 Å².